The number of hydrogen-bond donors (Lipinski definition) is 0. The maximum absolute atomic E-state index is 6.46. The van der Waals surface area contributed by atoms with Crippen molar-refractivity contribution in [1.82, 2.24) is 0 Å². The summed E-state index contributed by atoms with van der Waals surface area (Å²) in [6.45, 7) is 0. The molecule has 0 atom stereocenters. The largest absolute Gasteiger partial charge is 1.00 e. The van der Waals surface area contributed by atoms with E-state index in [2.05, 4.69) is 28.2 Å². The average molecular weight is 288 g/mol. The van der Waals surface area contributed by atoms with Crippen LogP contribution in [0.15, 0.2) is 24.3 Å². The van der Waals surface area contributed by atoms with Gasteiger partial charge in [-0.25, -0.2) is 0 Å². The molecule has 0 saturated heterocycles. The van der Waals surface area contributed by atoms with E-state index < -0.39 is 0 Å². The third kappa shape index (κ3) is 2.44. The van der Waals surface area contributed by atoms with Gasteiger partial charge in [-0.3, -0.25) is 0 Å². The lowest BCUT2D eigenvalue weighted by Crippen LogP contribution is -3.00. The van der Waals surface area contributed by atoms with Gasteiger partial charge in [-0.2, -0.15) is 0 Å². The first kappa shape index (κ1) is 13.1. The Labute approximate surface area is 117 Å². The second-order valence-corrected chi connectivity index (χ2v) is 5.87. The number of rotatable bonds is 1. The summed E-state index contributed by atoms with van der Waals surface area (Å²) < 4.78 is 3.63. The fourth-order valence-corrected chi connectivity index (χ4v) is 4.15. The van der Waals surface area contributed by atoms with Gasteiger partial charge < -0.3 is 12.4 Å². The van der Waals surface area contributed by atoms with Crippen LogP contribution in [0, 0.1) is 0 Å². The number of halogens is 2. The molecular weight excluding hydrogens is 273 g/mol. The van der Waals surface area contributed by atoms with Crippen LogP contribution < -0.4 is 16.4 Å². The van der Waals surface area contributed by atoms with Crippen molar-refractivity contribution >= 4 is 33.2 Å². The third-order valence-electron chi connectivity index (χ3n) is 3.41. The molecule has 1 aliphatic rings. The molecule has 1 nitrogen and oxygen atoms in total. The summed E-state index contributed by atoms with van der Waals surface area (Å²) in [7, 11) is 0. The van der Waals surface area contributed by atoms with Crippen LogP contribution in [-0.2, 0) is 0 Å². The number of benzene rings is 1. The summed E-state index contributed by atoms with van der Waals surface area (Å²) in [6, 6.07) is 9.06. The van der Waals surface area contributed by atoms with Crippen LogP contribution in [0.2, 0.25) is 5.15 Å². The number of hydrogen-bond acceptors (Lipinski definition) is 1. The lowest BCUT2D eigenvalue weighted by atomic mass is 9.96. The van der Waals surface area contributed by atoms with Crippen molar-refractivity contribution in [3.05, 3.63) is 29.4 Å². The van der Waals surface area contributed by atoms with E-state index in [0.29, 0.717) is 6.04 Å². The number of nitrogens with zero attached hydrogens (tertiary/aromatic N) is 1. The van der Waals surface area contributed by atoms with Crippen LogP contribution in [0.4, 0.5) is 0 Å². The molecule has 1 aliphatic carbocycles. The maximum atomic E-state index is 6.46. The molecule has 3 rings (SSSR count). The van der Waals surface area contributed by atoms with Crippen LogP contribution in [0.3, 0.4) is 0 Å². The van der Waals surface area contributed by atoms with Gasteiger partial charge in [0.25, 0.3) is 5.15 Å². The van der Waals surface area contributed by atoms with Gasteiger partial charge in [0, 0.05) is 12.8 Å². The molecule has 0 spiro atoms. The monoisotopic (exact) mass is 287 g/mol. The third-order valence-corrected chi connectivity index (χ3v) is 5.12. The van der Waals surface area contributed by atoms with Crippen molar-refractivity contribution in [2.45, 2.75) is 38.1 Å². The molecule has 0 aliphatic heterocycles. The summed E-state index contributed by atoms with van der Waals surface area (Å²) >= 11 is 8.28. The van der Waals surface area contributed by atoms with Crippen LogP contribution in [-0.4, -0.2) is 0 Å². The van der Waals surface area contributed by atoms with Gasteiger partial charge in [-0.1, -0.05) is 18.6 Å². The Bertz CT molecular complexity index is 503. The van der Waals surface area contributed by atoms with Crippen LogP contribution >= 0.6 is 23.1 Å². The van der Waals surface area contributed by atoms with Gasteiger partial charge in [0.1, 0.15) is 16.2 Å². The molecule has 1 aromatic carbocycles. The first-order valence-corrected chi connectivity index (χ1v) is 7.10. The van der Waals surface area contributed by atoms with E-state index in [0.717, 1.165) is 5.15 Å². The smallest absolute Gasteiger partial charge is 0.297 e. The molecule has 1 aromatic heterocycles. The Hall–Kier alpha value is -0.310. The Morgan fingerprint density at radius 1 is 1.12 bits per heavy atom. The van der Waals surface area contributed by atoms with Gasteiger partial charge in [0.15, 0.2) is 6.04 Å². The maximum Gasteiger partial charge on any atom is 0.297 e. The summed E-state index contributed by atoms with van der Waals surface area (Å²) in [5.74, 6) is 0. The quantitative estimate of drug-likeness (QED) is 0.698. The molecule has 92 valence electrons. The van der Waals surface area contributed by atoms with E-state index in [4.69, 9.17) is 11.6 Å². The standard InChI is InChI=1S/C13H15ClNS.ClH/c14-13-11-8-4-5-9-12(11)16-15(13)10-6-2-1-3-7-10;/h4-5,8-10H,1-3,6-7H2;1H/q+1;/p-1. The van der Waals surface area contributed by atoms with Crippen LogP contribution in [0.25, 0.3) is 10.1 Å². The molecule has 0 N–H and O–H groups in total. The van der Waals surface area contributed by atoms with Crippen molar-refractivity contribution in [2.75, 3.05) is 0 Å². The van der Waals surface area contributed by atoms with Crippen molar-refractivity contribution in [2.24, 2.45) is 0 Å². The SMILES string of the molecule is Clc1c2ccccc2s[n+]1C1CCCCC1.[Cl-]. The Morgan fingerprint density at radius 2 is 1.82 bits per heavy atom. The zero-order valence-corrected chi connectivity index (χ0v) is 11.9. The molecule has 4 heteroatoms. The minimum Gasteiger partial charge on any atom is -1.00 e. The summed E-state index contributed by atoms with van der Waals surface area (Å²) in [5.41, 5.74) is 0. The van der Waals surface area contributed by atoms with Crippen LogP contribution in [0.1, 0.15) is 38.1 Å². The van der Waals surface area contributed by atoms with Gasteiger partial charge in [-0.05, 0) is 36.6 Å². The Kier molecular flexibility index (Phi) is 4.29. The highest BCUT2D eigenvalue weighted by Crippen LogP contribution is 2.31. The van der Waals surface area contributed by atoms with E-state index >= 15 is 0 Å². The molecule has 0 bridgehead atoms. The summed E-state index contributed by atoms with van der Waals surface area (Å²) in [4.78, 5) is 0. The van der Waals surface area contributed by atoms with E-state index in [1.165, 1.54) is 42.2 Å². The molecule has 17 heavy (non-hydrogen) atoms. The zero-order chi connectivity index (χ0) is 11.0. The highest BCUT2D eigenvalue weighted by atomic mass is 35.5. The van der Waals surface area contributed by atoms with Crippen molar-refractivity contribution in [3.63, 3.8) is 0 Å². The molecule has 0 unspecified atom stereocenters. The normalized spacial score (nSPS) is 17.0. The van der Waals surface area contributed by atoms with Gasteiger partial charge in [0.05, 0.1) is 5.39 Å². The van der Waals surface area contributed by atoms with Gasteiger partial charge in [-0.15, -0.1) is 3.96 Å². The Balaban J connectivity index is 0.00000108. The minimum absolute atomic E-state index is 0. The molecule has 0 amide bonds. The molecule has 1 fully saturated rings. The van der Waals surface area contributed by atoms with Crippen molar-refractivity contribution < 1.29 is 16.4 Å². The number of fused-ring (bicyclic) bond motifs is 1. The second kappa shape index (κ2) is 5.55. The van der Waals surface area contributed by atoms with Crippen molar-refractivity contribution in [1.29, 1.82) is 0 Å². The lowest BCUT2D eigenvalue weighted by Gasteiger charge is -2.15. The fraction of sp³-hybridized carbons (Fsp3) is 0.462. The average Bonchev–Trinajstić information content (AvgIpc) is 2.69. The van der Waals surface area contributed by atoms with Crippen LogP contribution in [0.5, 0.6) is 0 Å². The van der Waals surface area contributed by atoms with E-state index in [1.54, 1.807) is 0 Å². The minimum atomic E-state index is 0. The molecule has 2 aromatic rings. The highest BCUT2D eigenvalue weighted by molar-refractivity contribution is 7.10. The molecular formula is C13H15Cl2NS. The number of aromatic nitrogens is 1. The molecule has 1 saturated carbocycles. The van der Waals surface area contributed by atoms with Crippen molar-refractivity contribution in [3.8, 4) is 0 Å². The van der Waals surface area contributed by atoms with Gasteiger partial charge in [0.2, 0.25) is 0 Å². The predicted molar refractivity (Wildman–Crippen MR) is 69.2 cm³/mol. The summed E-state index contributed by atoms with van der Waals surface area (Å²) in [5, 5.41) is 2.15. The zero-order valence-electron chi connectivity index (χ0n) is 9.53. The Morgan fingerprint density at radius 3 is 2.53 bits per heavy atom. The summed E-state index contributed by atoms with van der Waals surface area (Å²) in [6.07, 6.45) is 6.67. The lowest BCUT2D eigenvalue weighted by molar-refractivity contribution is -0.658. The first-order chi connectivity index (χ1) is 7.86. The highest BCUT2D eigenvalue weighted by Gasteiger charge is 2.28. The topological polar surface area (TPSA) is 3.88 Å². The van der Waals surface area contributed by atoms with E-state index in [9.17, 15) is 0 Å². The van der Waals surface area contributed by atoms with E-state index in [1.807, 2.05) is 11.5 Å². The predicted octanol–water partition coefficient (Wildman–Crippen LogP) is 1.35. The van der Waals surface area contributed by atoms with E-state index in [-0.39, 0.29) is 12.4 Å². The molecule has 1 heterocycles. The first-order valence-electron chi connectivity index (χ1n) is 5.95. The fourth-order valence-electron chi connectivity index (χ4n) is 2.53. The molecule has 0 radical (unpaired) electrons. The second-order valence-electron chi connectivity index (χ2n) is 4.50. The van der Waals surface area contributed by atoms with Gasteiger partial charge >= 0.3 is 0 Å².